The first-order chi connectivity index (χ1) is 11.0. The van der Waals surface area contributed by atoms with Crippen molar-refractivity contribution in [3.8, 4) is 0 Å². The molecule has 0 radical (unpaired) electrons. The Labute approximate surface area is 140 Å². The second-order valence-electron chi connectivity index (χ2n) is 8.01. The summed E-state index contributed by atoms with van der Waals surface area (Å²) >= 11 is 0. The van der Waals surface area contributed by atoms with Crippen molar-refractivity contribution in [1.29, 1.82) is 0 Å². The normalized spacial score (nSPS) is 30.3. The summed E-state index contributed by atoms with van der Waals surface area (Å²) in [5.41, 5.74) is 1.99. The van der Waals surface area contributed by atoms with Gasteiger partial charge in [0.25, 0.3) is 5.91 Å². The van der Waals surface area contributed by atoms with Gasteiger partial charge >= 0.3 is 0 Å². The number of carbonyl (C=O) groups is 1. The Bertz CT molecular complexity index is 523. The van der Waals surface area contributed by atoms with Crippen LogP contribution in [0.3, 0.4) is 0 Å². The van der Waals surface area contributed by atoms with E-state index in [4.69, 9.17) is 0 Å². The van der Waals surface area contributed by atoms with Crippen molar-refractivity contribution in [1.82, 2.24) is 5.32 Å². The largest absolute Gasteiger partial charge is 0.349 e. The number of hydrogen-bond acceptors (Lipinski definition) is 1. The fourth-order valence-electron chi connectivity index (χ4n) is 4.53. The van der Waals surface area contributed by atoms with E-state index in [-0.39, 0.29) is 5.91 Å². The van der Waals surface area contributed by atoms with Crippen LogP contribution in [0, 0.1) is 12.8 Å². The first-order valence-corrected chi connectivity index (χ1v) is 9.26. The average Bonchev–Trinajstić information content (AvgIpc) is 2.48. The van der Waals surface area contributed by atoms with E-state index >= 15 is 0 Å². The number of rotatable bonds is 4. The van der Waals surface area contributed by atoms with Crippen molar-refractivity contribution in [2.24, 2.45) is 5.92 Å². The van der Waals surface area contributed by atoms with E-state index in [1.54, 1.807) is 0 Å². The van der Waals surface area contributed by atoms with Crippen LogP contribution in [0.1, 0.15) is 61.9 Å². The molecular weight excluding hydrogens is 284 g/mol. The Morgan fingerprint density at radius 1 is 1.17 bits per heavy atom. The van der Waals surface area contributed by atoms with Gasteiger partial charge in [-0.25, -0.2) is 0 Å². The standard InChI is InChI=1S/C20H30N2O/c1-14(2)13-22-18-5-4-6-19(22)12-17(11-18)21-20(23)16-9-7-15(3)8-10-16/h7-10,14,17-19H,4-6,11-13H2,1-3H3,(H,21,23)/p+1/t18-,19-/m1/s1. The number of amides is 1. The Morgan fingerprint density at radius 3 is 2.35 bits per heavy atom. The summed E-state index contributed by atoms with van der Waals surface area (Å²) in [6, 6.07) is 9.74. The highest BCUT2D eigenvalue weighted by molar-refractivity contribution is 5.94. The second kappa shape index (κ2) is 7.04. The Balaban J connectivity index is 1.62. The van der Waals surface area contributed by atoms with Gasteiger partial charge in [-0.15, -0.1) is 0 Å². The number of nitrogens with one attached hydrogen (secondary N) is 2. The van der Waals surface area contributed by atoms with Crippen LogP contribution in [0.15, 0.2) is 24.3 Å². The third-order valence-corrected chi connectivity index (χ3v) is 5.58. The summed E-state index contributed by atoms with van der Waals surface area (Å²) in [4.78, 5) is 14.3. The van der Waals surface area contributed by atoms with Crippen LogP contribution in [0.2, 0.25) is 0 Å². The first-order valence-electron chi connectivity index (χ1n) is 9.26. The molecule has 2 saturated heterocycles. The minimum absolute atomic E-state index is 0.0976. The molecule has 0 aliphatic carbocycles. The Kier molecular flexibility index (Phi) is 5.05. The van der Waals surface area contributed by atoms with Crippen LogP contribution in [0.5, 0.6) is 0 Å². The molecule has 2 fully saturated rings. The lowest BCUT2D eigenvalue weighted by molar-refractivity contribution is -0.963. The third kappa shape index (κ3) is 3.95. The molecule has 126 valence electrons. The second-order valence-corrected chi connectivity index (χ2v) is 8.01. The molecule has 2 heterocycles. The van der Waals surface area contributed by atoms with Gasteiger partial charge in [-0.1, -0.05) is 31.5 Å². The summed E-state index contributed by atoms with van der Waals surface area (Å²) in [6.45, 7) is 7.99. The van der Waals surface area contributed by atoms with Gasteiger partial charge in [0.15, 0.2) is 0 Å². The zero-order valence-corrected chi connectivity index (χ0v) is 14.8. The molecule has 1 amide bonds. The molecule has 1 aromatic carbocycles. The summed E-state index contributed by atoms with van der Waals surface area (Å²) in [5.74, 6) is 0.854. The van der Waals surface area contributed by atoms with Crippen molar-refractivity contribution in [3.05, 3.63) is 35.4 Å². The van der Waals surface area contributed by atoms with Gasteiger partial charge < -0.3 is 10.2 Å². The Morgan fingerprint density at radius 2 is 1.78 bits per heavy atom. The molecule has 1 aromatic rings. The maximum Gasteiger partial charge on any atom is 0.251 e. The highest BCUT2D eigenvalue weighted by Gasteiger charge is 2.42. The molecule has 2 bridgehead atoms. The molecule has 3 heteroatoms. The van der Waals surface area contributed by atoms with Gasteiger partial charge in [0.2, 0.25) is 0 Å². The monoisotopic (exact) mass is 315 g/mol. The topological polar surface area (TPSA) is 33.5 Å². The smallest absolute Gasteiger partial charge is 0.251 e. The molecule has 0 saturated carbocycles. The molecule has 2 aliphatic rings. The molecule has 0 spiro atoms. The van der Waals surface area contributed by atoms with E-state index in [1.165, 1.54) is 31.4 Å². The highest BCUT2D eigenvalue weighted by Crippen LogP contribution is 2.23. The van der Waals surface area contributed by atoms with E-state index in [9.17, 15) is 4.79 Å². The summed E-state index contributed by atoms with van der Waals surface area (Å²) in [5, 5.41) is 3.30. The molecule has 2 N–H and O–H groups in total. The van der Waals surface area contributed by atoms with Crippen LogP contribution in [0.25, 0.3) is 0 Å². The molecule has 23 heavy (non-hydrogen) atoms. The van der Waals surface area contributed by atoms with E-state index in [1.807, 2.05) is 29.2 Å². The summed E-state index contributed by atoms with van der Waals surface area (Å²) in [7, 11) is 0. The molecule has 3 rings (SSSR count). The minimum Gasteiger partial charge on any atom is -0.349 e. The maximum absolute atomic E-state index is 12.5. The van der Waals surface area contributed by atoms with E-state index in [0.717, 1.165) is 36.4 Å². The molecule has 3 nitrogen and oxygen atoms in total. The molecule has 2 aliphatic heterocycles. The van der Waals surface area contributed by atoms with Crippen molar-refractivity contribution < 1.29 is 9.69 Å². The third-order valence-electron chi connectivity index (χ3n) is 5.58. The fraction of sp³-hybridized carbons (Fsp3) is 0.650. The van der Waals surface area contributed by atoms with Gasteiger partial charge in [0.05, 0.1) is 18.6 Å². The van der Waals surface area contributed by atoms with Gasteiger partial charge in [-0.05, 0) is 38.3 Å². The van der Waals surface area contributed by atoms with Crippen molar-refractivity contribution in [2.75, 3.05) is 6.54 Å². The number of piperidine rings is 2. The number of carbonyl (C=O) groups excluding carboxylic acids is 1. The molecule has 0 aromatic heterocycles. The average molecular weight is 315 g/mol. The van der Waals surface area contributed by atoms with Gasteiger partial charge in [-0.3, -0.25) is 4.79 Å². The number of quaternary nitrogens is 1. The number of aryl methyl sites for hydroxylation is 1. The van der Waals surface area contributed by atoms with Gasteiger partial charge in [0, 0.05) is 30.4 Å². The van der Waals surface area contributed by atoms with Crippen LogP contribution in [-0.4, -0.2) is 30.6 Å². The predicted octanol–water partition coefficient (Wildman–Crippen LogP) is 2.35. The summed E-state index contributed by atoms with van der Waals surface area (Å²) < 4.78 is 0. The van der Waals surface area contributed by atoms with Crippen molar-refractivity contribution in [3.63, 3.8) is 0 Å². The number of hydrogen-bond donors (Lipinski definition) is 2. The van der Waals surface area contributed by atoms with Crippen LogP contribution >= 0.6 is 0 Å². The lowest BCUT2D eigenvalue weighted by atomic mass is 9.81. The van der Waals surface area contributed by atoms with Crippen molar-refractivity contribution >= 4 is 5.91 Å². The van der Waals surface area contributed by atoms with E-state index < -0.39 is 0 Å². The number of fused-ring (bicyclic) bond motifs is 2. The molecular formula is C20H31N2O+. The lowest BCUT2D eigenvalue weighted by Crippen LogP contribution is -3.21. The lowest BCUT2D eigenvalue weighted by Gasteiger charge is -2.46. The predicted molar refractivity (Wildman–Crippen MR) is 93.8 cm³/mol. The van der Waals surface area contributed by atoms with Gasteiger partial charge in [0.1, 0.15) is 0 Å². The van der Waals surface area contributed by atoms with Crippen molar-refractivity contribution in [2.45, 2.75) is 71.0 Å². The quantitative estimate of drug-likeness (QED) is 0.878. The zero-order chi connectivity index (χ0) is 16.4. The van der Waals surface area contributed by atoms with E-state index in [2.05, 4.69) is 26.1 Å². The van der Waals surface area contributed by atoms with Crippen LogP contribution in [0.4, 0.5) is 0 Å². The first kappa shape index (κ1) is 16.5. The number of benzene rings is 1. The maximum atomic E-state index is 12.5. The van der Waals surface area contributed by atoms with Crippen LogP contribution < -0.4 is 10.2 Å². The highest BCUT2D eigenvalue weighted by atomic mass is 16.1. The molecule has 0 unspecified atom stereocenters. The van der Waals surface area contributed by atoms with Crippen LogP contribution in [-0.2, 0) is 0 Å². The fourth-order valence-corrected chi connectivity index (χ4v) is 4.53. The SMILES string of the molecule is Cc1ccc(C(=O)NC2C[C@H]3CCC[C@H](C2)[NH+]3CC(C)C)cc1. The van der Waals surface area contributed by atoms with Gasteiger partial charge in [-0.2, -0.15) is 0 Å². The Hall–Kier alpha value is -1.35. The minimum atomic E-state index is 0.0976. The summed E-state index contributed by atoms with van der Waals surface area (Å²) in [6.07, 6.45) is 6.33. The zero-order valence-electron chi connectivity index (χ0n) is 14.8. The molecule has 2 atom stereocenters. The van der Waals surface area contributed by atoms with E-state index in [0.29, 0.717) is 6.04 Å².